The van der Waals surface area contributed by atoms with Gasteiger partial charge in [-0.2, -0.15) is 0 Å². The number of hydrogen-bond acceptors (Lipinski definition) is 5. The summed E-state index contributed by atoms with van der Waals surface area (Å²) < 4.78 is 10.4. The van der Waals surface area contributed by atoms with Crippen LogP contribution in [-0.2, 0) is 0 Å². The number of benzene rings is 1. The van der Waals surface area contributed by atoms with Gasteiger partial charge in [-0.1, -0.05) is 0 Å². The van der Waals surface area contributed by atoms with E-state index >= 15 is 0 Å². The van der Waals surface area contributed by atoms with Crippen molar-refractivity contribution in [2.24, 2.45) is 0 Å². The Balaban J connectivity index is 1.92. The summed E-state index contributed by atoms with van der Waals surface area (Å²) >= 11 is 0. The fourth-order valence-electron chi connectivity index (χ4n) is 2.31. The van der Waals surface area contributed by atoms with Gasteiger partial charge >= 0.3 is 0 Å². The van der Waals surface area contributed by atoms with Crippen LogP contribution in [0.15, 0.2) is 18.3 Å². The van der Waals surface area contributed by atoms with Crippen LogP contribution in [0, 0.1) is 10.1 Å². The van der Waals surface area contributed by atoms with Crippen LogP contribution in [0.25, 0.3) is 6.08 Å². The lowest BCUT2D eigenvalue weighted by molar-refractivity contribution is -0.385. The Morgan fingerprint density at radius 2 is 1.89 bits per heavy atom. The molecule has 2 heterocycles. The molecule has 0 amide bonds. The smallest absolute Gasteiger partial charge is 0.280 e. The zero-order valence-corrected chi connectivity index (χ0v) is 10.4. The third kappa shape index (κ3) is 2.33. The zero-order valence-electron chi connectivity index (χ0n) is 10.4. The molecule has 0 saturated carbocycles. The second-order valence-corrected chi connectivity index (χ2v) is 4.58. The van der Waals surface area contributed by atoms with Gasteiger partial charge in [0, 0.05) is 13.1 Å². The van der Waals surface area contributed by atoms with Crippen molar-refractivity contribution >= 4 is 11.8 Å². The highest BCUT2D eigenvalue weighted by Gasteiger charge is 2.22. The quantitative estimate of drug-likeness (QED) is 0.618. The highest BCUT2D eigenvalue weighted by molar-refractivity contribution is 5.66. The molecule has 0 aliphatic carbocycles. The van der Waals surface area contributed by atoms with E-state index in [0.717, 1.165) is 13.1 Å². The standard InChI is InChI=1S/C13H14N2O4/c16-15(17)11-8-13-12(18-9-19-13)7-10(11)3-6-14-4-1-2-5-14/h3,6-8H,1-2,4-5,9H2. The summed E-state index contributed by atoms with van der Waals surface area (Å²) in [5.41, 5.74) is 0.584. The summed E-state index contributed by atoms with van der Waals surface area (Å²) in [6.45, 7) is 2.13. The van der Waals surface area contributed by atoms with Crippen LogP contribution >= 0.6 is 0 Å². The van der Waals surface area contributed by atoms with Gasteiger partial charge in [0.15, 0.2) is 11.5 Å². The minimum Gasteiger partial charge on any atom is -0.454 e. The first-order chi connectivity index (χ1) is 9.24. The summed E-state index contributed by atoms with van der Waals surface area (Å²) in [4.78, 5) is 12.8. The SMILES string of the molecule is O=[N+]([O-])c1cc2c(cc1C=CN1CCCC1)OCO2. The van der Waals surface area contributed by atoms with Crippen LogP contribution in [0.3, 0.4) is 0 Å². The van der Waals surface area contributed by atoms with Gasteiger partial charge < -0.3 is 14.4 Å². The van der Waals surface area contributed by atoms with Crippen LogP contribution in [-0.4, -0.2) is 29.7 Å². The van der Waals surface area contributed by atoms with E-state index in [9.17, 15) is 10.1 Å². The van der Waals surface area contributed by atoms with Crippen LogP contribution in [0.4, 0.5) is 5.69 Å². The second kappa shape index (κ2) is 4.79. The molecule has 3 rings (SSSR count). The second-order valence-electron chi connectivity index (χ2n) is 4.58. The molecule has 1 saturated heterocycles. The predicted octanol–water partition coefficient (Wildman–Crippen LogP) is 2.39. The van der Waals surface area contributed by atoms with Crippen molar-refractivity contribution in [3.05, 3.63) is 34.0 Å². The van der Waals surface area contributed by atoms with Crippen LogP contribution in [0.5, 0.6) is 11.5 Å². The molecule has 2 aliphatic rings. The van der Waals surface area contributed by atoms with Crippen molar-refractivity contribution in [2.75, 3.05) is 19.9 Å². The van der Waals surface area contributed by atoms with Gasteiger partial charge in [-0.05, 0) is 31.2 Å². The van der Waals surface area contributed by atoms with Crippen molar-refractivity contribution in [3.8, 4) is 11.5 Å². The Hall–Kier alpha value is -2.24. The molecular formula is C13H14N2O4. The normalized spacial score (nSPS) is 17.4. The molecule has 1 aromatic rings. The van der Waals surface area contributed by atoms with Crippen LogP contribution < -0.4 is 9.47 Å². The van der Waals surface area contributed by atoms with Crippen molar-refractivity contribution in [1.29, 1.82) is 0 Å². The van der Waals surface area contributed by atoms with E-state index in [1.165, 1.54) is 18.9 Å². The number of hydrogen-bond donors (Lipinski definition) is 0. The van der Waals surface area contributed by atoms with E-state index in [1.54, 1.807) is 12.1 Å². The van der Waals surface area contributed by atoms with E-state index in [0.29, 0.717) is 17.1 Å². The topological polar surface area (TPSA) is 64.8 Å². The summed E-state index contributed by atoms with van der Waals surface area (Å²) in [7, 11) is 0. The third-order valence-electron chi connectivity index (χ3n) is 3.32. The third-order valence-corrected chi connectivity index (χ3v) is 3.32. The Bertz CT molecular complexity index is 536. The van der Waals surface area contributed by atoms with E-state index in [-0.39, 0.29) is 12.5 Å². The first-order valence-corrected chi connectivity index (χ1v) is 6.24. The lowest BCUT2D eigenvalue weighted by Gasteiger charge is -2.10. The average Bonchev–Trinajstić information content (AvgIpc) is 3.05. The van der Waals surface area contributed by atoms with Crippen LogP contribution in [0.2, 0.25) is 0 Å². The van der Waals surface area contributed by atoms with Gasteiger partial charge in [-0.15, -0.1) is 0 Å². The molecule has 6 heteroatoms. The molecule has 0 radical (unpaired) electrons. The van der Waals surface area contributed by atoms with Crippen molar-refractivity contribution in [2.45, 2.75) is 12.8 Å². The van der Waals surface area contributed by atoms with Crippen molar-refractivity contribution in [3.63, 3.8) is 0 Å². The molecule has 0 atom stereocenters. The fraction of sp³-hybridized carbons (Fsp3) is 0.385. The Labute approximate surface area is 110 Å². The number of likely N-dealkylation sites (tertiary alicyclic amines) is 1. The largest absolute Gasteiger partial charge is 0.454 e. The minimum absolute atomic E-state index is 0.0414. The molecule has 19 heavy (non-hydrogen) atoms. The molecular weight excluding hydrogens is 248 g/mol. The van der Waals surface area contributed by atoms with Crippen LogP contribution in [0.1, 0.15) is 18.4 Å². The van der Waals surface area contributed by atoms with Crippen molar-refractivity contribution < 1.29 is 14.4 Å². The molecule has 0 N–H and O–H groups in total. The number of rotatable bonds is 3. The first kappa shape index (κ1) is 11.8. The lowest BCUT2D eigenvalue weighted by atomic mass is 10.1. The molecule has 0 spiro atoms. The highest BCUT2D eigenvalue weighted by Crippen LogP contribution is 2.38. The van der Waals surface area contributed by atoms with E-state index < -0.39 is 4.92 Å². The Morgan fingerprint density at radius 1 is 1.21 bits per heavy atom. The maximum Gasteiger partial charge on any atom is 0.280 e. The first-order valence-electron chi connectivity index (χ1n) is 6.24. The van der Waals surface area contributed by atoms with E-state index in [4.69, 9.17) is 9.47 Å². The number of ether oxygens (including phenoxy) is 2. The predicted molar refractivity (Wildman–Crippen MR) is 69.1 cm³/mol. The summed E-state index contributed by atoms with van der Waals surface area (Å²) in [6.07, 6.45) is 6.03. The number of fused-ring (bicyclic) bond motifs is 1. The summed E-state index contributed by atoms with van der Waals surface area (Å²) in [5.74, 6) is 0.997. The monoisotopic (exact) mass is 262 g/mol. The van der Waals surface area contributed by atoms with Gasteiger partial charge in [0.1, 0.15) is 0 Å². The highest BCUT2D eigenvalue weighted by atomic mass is 16.7. The molecule has 0 bridgehead atoms. The molecule has 100 valence electrons. The average molecular weight is 262 g/mol. The minimum atomic E-state index is -0.397. The number of nitrogens with zero attached hydrogens (tertiary/aromatic N) is 2. The summed E-state index contributed by atoms with van der Waals surface area (Å²) in [5, 5.41) is 11.1. The lowest BCUT2D eigenvalue weighted by Crippen LogP contribution is -2.10. The Kier molecular flexibility index (Phi) is 2.98. The Morgan fingerprint density at radius 3 is 2.58 bits per heavy atom. The molecule has 1 fully saturated rings. The maximum absolute atomic E-state index is 11.1. The van der Waals surface area contributed by atoms with Gasteiger partial charge in [-0.3, -0.25) is 10.1 Å². The fourth-order valence-corrected chi connectivity index (χ4v) is 2.31. The molecule has 0 unspecified atom stereocenters. The van der Waals surface area contributed by atoms with Gasteiger partial charge in [0.25, 0.3) is 5.69 Å². The number of nitro benzene ring substituents is 1. The van der Waals surface area contributed by atoms with Gasteiger partial charge in [0.2, 0.25) is 6.79 Å². The molecule has 2 aliphatic heterocycles. The molecule has 6 nitrogen and oxygen atoms in total. The van der Waals surface area contributed by atoms with Crippen molar-refractivity contribution in [1.82, 2.24) is 4.90 Å². The van der Waals surface area contributed by atoms with Gasteiger partial charge in [0.05, 0.1) is 16.6 Å². The van der Waals surface area contributed by atoms with Gasteiger partial charge in [-0.25, -0.2) is 0 Å². The zero-order chi connectivity index (χ0) is 13.2. The maximum atomic E-state index is 11.1. The molecule has 0 aromatic heterocycles. The van der Waals surface area contributed by atoms with E-state index in [1.807, 2.05) is 6.20 Å². The van der Waals surface area contributed by atoms with E-state index in [2.05, 4.69) is 4.90 Å². The molecule has 1 aromatic carbocycles. The number of nitro groups is 1. The summed E-state index contributed by atoms with van der Waals surface area (Å²) in [6, 6.07) is 3.08.